The molecule has 0 aromatic carbocycles. The van der Waals surface area contributed by atoms with Gasteiger partial charge in [0.1, 0.15) is 12.3 Å². The molecule has 0 spiro atoms. The van der Waals surface area contributed by atoms with Crippen LogP contribution in [0.3, 0.4) is 0 Å². The van der Waals surface area contributed by atoms with Gasteiger partial charge in [0.25, 0.3) is 0 Å². The zero-order chi connectivity index (χ0) is 25.1. The number of ether oxygens (including phenoxy) is 1. The smallest absolute Gasteiger partial charge is 0.192 e. The molecule has 0 amide bonds. The lowest BCUT2D eigenvalue weighted by molar-refractivity contribution is -0.0390. The van der Waals surface area contributed by atoms with Crippen molar-refractivity contribution in [2.45, 2.75) is 103 Å². The maximum absolute atomic E-state index is 6.91. The molecular weight excluding hydrogens is 462 g/mol. The molecule has 34 heavy (non-hydrogen) atoms. The standard InChI is InChI=1S/C24H43N5O3Si2/c1-23(2,3)33(7,8)30-14-18-17(32-34(9,10)24(4,5)6)13-19(31-18)29-16-26-20-21-25-11-12-28(21)15-27-22(20)29/h15-19H,11-14H2,1-10H3/t17-,18+,19+/m0/s1. The van der Waals surface area contributed by atoms with Crippen LogP contribution in [0.25, 0.3) is 0 Å². The SMILES string of the molecule is CC(C)(C)[Si](C)(C)OC[C@H]1O[C@@H](n2cnc3c2N=CN2CCN=C32)C[C@@H]1O[Si](C)(C)C(C)(C)C. The van der Waals surface area contributed by atoms with E-state index < -0.39 is 16.6 Å². The first-order chi connectivity index (χ1) is 15.6. The van der Waals surface area contributed by atoms with Gasteiger partial charge in [-0.05, 0) is 36.3 Å². The van der Waals surface area contributed by atoms with Crippen molar-refractivity contribution in [2.24, 2.45) is 9.98 Å². The summed E-state index contributed by atoms with van der Waals surface area (Å²) in [6.07, 6.45) is 4.12. The van der Waals surface area contributed by atoms with E-state index in [1.54, 1.807) is 0 Å². The number of aliphatic imine (C=N–C) groups is 2. The van der Waals surface area contributed by atoms with Crippen LogP contribution in [0.4, 0.5) is 5.82 Å². The van der Waals surface area contributed by atoms with Crippen molar-refractivity contribution in [3.05, 3.63) is 12.0 Å². The van der Waals surface area contributed by atoms with Crippen molar-refractivity contribution in [1.29, 1.82) is 0 Å². The number of hydrogen-bond acceptors (Lipinski definition) is 7. The lowest BCUT2D eigenvalue weighted by Crippen LogP contribution is -2.48. The number of nitrogens with zero attached hydrogens (tertiary/aromatic N) is 5. The van der Waals surface area contributed by atoms with Crippen molar-refractivity contribution in [3.8, 4) is 0 Å². The van der Waals surface area contributed by atoms with Gasteiger partial charge in [-0.15, -0.1) is 0 Å². The maximum Gasteiger partial charge on any atom is 0.192 e. The average Bonchev–Trinajstić information content (AvgIpc) is 3.41. The Kier molecular flexibility index (Phi) is 6.55. The highest BCUT2D eigenvalue weighted by Gasteiger charge is 2.47. The van der Waals surface area contributed by atoms with Gasteiger partial charge in [-0.3, -0.25) is 9.56 Å². The molecule has 0 aliphatic carbocycles. The van der Waals surface area contributed by atoms with E-state index in [0.717, 1.165) is 36.9 Å². The Balaban J connectivity index is 1.58. The molecule has 0 N–H and O–H groups in total. The fourth-order valence-corrected chi connectivity index (χ4v) is 6.34. The molecule has 1 fully saturated rings. The topological polar surface area (TPSA) is 73.5 Å². The fraction of sp³-hybridized carbons (Fsp3) is 0.792. The van der Waals surface area contributed by atoms with Crippen molar-refractivity contribution < 1.29 is 13.6 Å². The van der Waals surface area contributed by atoms with E-state index in [0.29, 0.717) is 6.61 Å². The Bertz CT molecular complexity index is 974. The van der Waals surface area contributed by atoms with E-state index in [1.165, 1.54) is 0 Å². The van der Waals surface area contributed by atoms with E-state index in [1.807, 2.05) is 12.7 Å². The van der Waals surface area contributed by atoms with Crippen molar-refractivity contribution >= 4 is 34.6 Å². The minimum atomic E-state index is -1.99. The zero-order valence-electron chi connectivity index (χ0n) is 22.7. The molecule has 3 aliphatic heterocycles. The first kappa shape index (κ1) is 25.7. The number of imidazole rings is 1. The van der Waals surface area contributed by atoms with Gasteiger partial charge in [0.05, 0.1) is 31.9 Å². The maximum atomic E-state index is 6.91. The molecule has 4 rings (SSSR count). The molecular formula is C24H43N5O3Si2. The second-order valence-corrected chi connectivity index (χ2v) is 22.4. The van der Waals surface area contributed by atoms with Crippen molar-refractivity contribution in [3.63, 3.8) is 0 Å². The number of aromatic nitrogens is 2. The molecule has 4 heterocycles. The zero-order valence-corrected chi connectivity index (χ0v) is 24.7. The van der Waals surface area contributed by atoms with Crippen LogP contribution in [-0.4, -0.2) is 75.2 Å². The van der Waals surface area contributed by atoms with Crippen LogP contribution in [0.15, 0.2) is 16.3 Å². The number of fused-ring (bicyclic) bond motifs is 3. The van der Waals surface area contributed by atoms with Crippen LogP contribution < -0.4 is 0 Å². The predicted octanol–water partition coefficient (Wildman–Crippen LogP) is 5.32. The molecule has 3 atom stereocenters. The van der Waals surface area contributed by atoms with E-state index in [9.17, 15) is 0 Å². The van der Waals surface area contributed by atoms with Gasteiger partial charge in [-0.2, -0.15) is 0 Å². The first-order valence-corrected chi connectivity index (χ1v) is 18.3. The highest BCUT2D eigenvalue weighted by molar-refractivity contribution is 6.74. The normalized spacial score (nSPS) is 25.5. The first-order valence-electron chi connectivity index (χ1n) is 12.5. The van der Waals surface area contributed by atoms with Crippen molar-refractivity contribution in [2.75, 3.05) is 19.7 Å². The van der Waals surface area contributed by atoms with Gasteiger partial charge in [0.15, 0.2) is 34.0 Å². The van der Waals surface area contributed by atoms with Crippen LogP contribution in [0.2, 0.25) is 36.3 Å². The molecule has 0 unspecified atom stereocenters. The van der Waals surface area contributed by atoms with Crippen LogP contribution in [0.5, 0.6) is 0 Å². The molecule has 190 valence electrons. The van der Waals surface area contributed by atoms with Crippen LogP contribution >= 0.6 is 0 Å². The number of amidine groups is 1. The quantitative estimate of drug-likeness (QED) is 0.489. The third kappa shape index (κ3) is 4.71. The van der Waals surface area contributed by atoms with Crippen LogP contribution in [0, 0.1) is 0 Å². The minimum Gasteiger partial charge on any atom is -0.414 e. The van der Waals surface area contributed by atoms with E-state index in [2.05, 4.69) is 87.2 Å². The number of hydrogen-bond donors (Lipinski definition) is 0. The summed E-state index contributed by atoms with van der Waals surface area (Å²) < 4.78 is 22.2. The Morgan fingerprint density at radius 3 is 2.38 bits per heavy atom. The molecule has 10 heteroatoms. The Hall–Kier alpha value is -1.34. The van der Waals surface area contributed by atoms with Gasteiger partial charge in [-0.25, -0.2) is 9.98 Å². The predicted molar refractivity (Wildman–Crippen MR) is 142 cm³/mol. The second-order valence-electron chi connectivity index (χ2n) is 12.8. The summed E-state index contributed by atoms with van der Waals surface area (Å²) in [4.78, 5) is 16.1. The summed E-state index contributed by atoms with van der Waals surface area (Å²) in [6.45, 7) is 25.0. The van der Waals surface area contributed by atoms with Gasteiger partial charge in [-0.1, -0.05) is 41.5 Å². The molecule has 0 radical (unpaired) electrons. The summed E-state index contributed by atoms with van der Waals surface area (Å²) in [5.41, 5.74) is 0.839. The largest absolute Gasteiger partial charge is 0.414 e. The third-order valence-corrected chi connectivity index (χ3v) is 17.3. The third-order valence-electron chi connectivity index (χ3n) is 8.33. The molecule has 1 aromatic heterocycles. The lowest BCUT2D eigenvalue weighted by Gasteiger charge is -2.40. The highest BCUT2D eigenvalue weighted by Crippen LogP contribution is 2.43. The summed E-state index contributed by atoms with van der Waals surface area (Å²) in [5.74, 6) is 1.73. The molecule has 0 bridgehead atoms. The molecule has 3 aliphatic rings. The van der Waals surface area contributed by atoms with Gasteiger partial charge >= 0.3 is 0 Å². The van der Waals surface area contributed by atoms with E-state index in [4.69, 9.17) is 18.6 Å². The van der Waals surface area contributed by atoms with Gasteiger partial charge in [0, 0.05) is 13.0 Å². The lowest BCUT2D eigenvalue weighted by atomic mass is 10.2. The molecule has 1 saturated heterocycles. The van der Waals surface area contributed by atoms with Crippen molar-refractivity contribution in [1.82, 2.24) is 14.5 Å². The van der Waals surface area contributed by atoms with Gasteiger partial charge in [0.2, 0.25) is 0 Å². The fourth-order valence-electron chi connectivity index (χ4n) is 3.97. The Morgan fingerprint density at radius 2 is 1.74 bits per heavy atom. The minimum absolute atomic E-state index is 0.0263. The summed E-state index contributed by atoms with van der Waals surface area (Å²) >= 11 is 0. The summed E-state index contributed by atoms with van der Waals surface area (Å²) in [6, 6.07) is 0. The van der Waals surface area contributed by atoms with E-state index in [-0.39, 0.29) is 28.5 Å². The molecule has 8 nitrogen and oxygen atoms in total. The van der Waals surface area contributed by atoms with Crippen LogP contribution in [-0.2, 0) is 13.6 Å². The monoisotopic (exact) mass is 505 g/mol. The summed E-state index contributed by atoms with van der Waals surface area (Å²) in [5, 5.41) is 0.269. The Labute approximate surface area is 207 Å². The molecule has 0 saturated carbocycles. The number of rotatable bonds is 6. The highest BCUT2D eigenvalue weighted by atomic mass is 28.4. The summed E-state index contributed by atoms with van der Waals surface area (Å²) in [7, 11) is -3.90. The molecule has 1 aromatic rings. The average molecular weight is 506 g/mol. The second kappa shape index (κ2) is 8.65. The van der Waals surface area contributed by atoms with Crippen LogP contribution in [0.1, 0.15) is 59.9 Å². The van der Waals surface area contributed by atoms with Gasteiger partial charge < -0.3 is 18.5 Å². The van der Waals surface area contributed by atoms with E-state index >= 15 is 0 Å². The Morgan fingerprint density at radius 1 is 1.06 bits per heavy atom.